The van der Waals surface area contributed by atoms with Crippen LogP contribution in [-0.4, -0.2) is 32.3 Å². The number of nitrogens with one attached hydrogen (secondary N) is 1. The van der Waals surface area contributed by atoms with E-state index in [1.165, 1.54) is 31.4 Å². The molecular weight excluding hydrogens is 505 g/mol. The lowest BCUT2D eigenvalue weighted by Crippen LogP contribution is -2.37. The van der Waals surface area contributed by atoms with E-state index < -0.39 is 39.9 Å². The van der Waals surface area contributed by atoms with Crippen LogP contribution in [0.4, 0.5) is 18.9 Å². The molecule has 11 heteroatoms. The van der Waals surface area contributed by atoms with Crippen molar-refractivity contribution in [3.63, 3.8) is 0 Å². The molecule has 0 spiro atoms. The molecule has 3 aromatic carbocycles. The first kappa shape index (κ1) is 26.5. The number of methoxy groups -OCH3 is 1. The third-order valence-electron chi connectivity index (χ3n) is 5.09. The summed E-state index contributed by atoms with van der Waals surface area (Å²) in [5, 5.41) is 2.02. The van der Waals surface area contributed by atoms with Crippen molar-refractivity contribution in [3.8, 4) is 5.75 Å². The van der Waals surface area contributed by atoms with Crippen LogP contribution in [0, 0.1) is 6.92 Å². The van der Waals surface area contributed by atoms with Crippen LogP contribution in [0.25, 0.3) is 0 Å². The molecule has 186 valence electrons. The van der Waals surface area contributed by atoms with Crippen molar-refractivity contribution in [3.05, 3.63) is 88.4 Å². The van der Waals surface area contributed by atoms with E-state index in [4.69, 9.17) is 16.3 Å². The zero-order valence-corrected chi connectivity index (χ0v) is 20.3. The van der Waals surface area contributed by atoms with Crippen molar-refractivity contribution in [2.45, 2.75) is 24.5 Å². The predicted octanol–water partition coefficient (Wildman–Crippen LogP) is 5.51. The van der Waals surface area contributed by atoms with Gasteiger partial charge in [-0.3, -0.25) is 4.79 Å². The van der Waals surface area contributed by atoms with Crippen LogP contribution in [0.5, 0.6) is 5.75 Å². The van der Waals surface area contributed by atoms with Crippen molar-refractivity contribution in [1.29, 1.82) is 0 Å². The first-order valence-electron chi connectivity index (χ1n) is 10.3. The number of nitrogens with zero attached hydrogens (tertiary/aromatic N) is 1. The number of amides is 1. The van der Waals surface area contributed by atoms with Gasteiger partial charge < -0.3 is 10.1 Å². The smallest absolute Gasteiger partial charge is 0.418 e. The van der Waals surface area contributed by atoms with E-state index in [-0.39, 0.29) is 16.5 Å². The van der Waals surface area contributed by atoms with Crippen LogP contribution in [-0.2, 0) is 27.5 Å². The van der Waals surface area contributed by atoms with Crippen molar-refractivity contribution in [2.24, 2.45) is 0 Å². The highest BCUT2D eigenvalue weighted by Crippen LogP contribution is 2.36. The van der Waals surface area contributed by atoms with Crippen molar-refractivity contribution >= 4 is 33.2 Å². The van der Waals surface area contributed by atoms with Gasteiger partial charge in [0, 0.05) is 11.6 Å². The van der Waals surface area contributed by atoms with E-state index in [0.717, 1.165) is 10.4 Å². The number of hydrogen-bond acceptors (Lipinski definition) is 4. The number of sulfonamides is 1. The SMILES string of the molecule is COc1ccc(S(=O)(=O)N(CC(=O)Nc2ccc(Cl)cc2C(F)(F)F)Cc2ccccc2)cc1C. The molecular formula is C24H22ClF3N2O4S. The van der Waals surface area contributed by atoms with Gasteiger partial charge in [-0.15, -0.1) is 0 Å². The Hall–Kier alpha value is -3.08. The van der Waals surface area contributed by atoms with E-state index in [0.29, 0.717) is 22.9 Å². The Bertz CT molecular complexity index is 1320. The minimum Gasteiger partial charge on any atom is -0.496 e. The highest BCUT2D eigenvalue weighted by atomic mass is 35.5. The molecule has 0 saturated carbocycles. The Morgan fingerprint density at radius 2 is 1.74 bits per heavy atom. The van der Waals surface area contributed by atoms with Gasteiger partial charge in [0.05, 0.1) is 29.8 Å². The fourth-order valence-corrected chi connectivity index (χ4v) is 5.03. The lowest BCUT2D eigenvalue weighted by Gasteiger charge is -2.23. The summed E-state index contributed by atoms with van der Waals surface area (Å²) in [7, 11) is -2.75. The Morgan fingerprint density at radius 1 is 1.06 bits per heavy atom. The third kappa shape index (κ3) is 6.53. The average molecular weight is 527 g/mol. The van der Waals surface area contributed by atoms with Crippen LogP contribution >= 0.6 is 11.6 Å². The molecule has 0 saturated heterocycles. The van der Waals surface area contributed by atoms with Crippen molar-refractivity contribution in [1.82, 2.24) is 4.31 Å². The van der Waals surface area contributed by atoms with E-state index in [2.05, 4.69) is 5.32 Å². The largest absolute Gasteiger partial charge is 0.496 e. The summed E-state index contributed by atoms with van der Waals surface area (Å²) in [5.74, 6) is -0.457. The number of ether oxygens (including phenoxy) is 1. The molecule has 1 N–H and O–H groups in total. The highest BCUT2D eigenvalue weighted by Gasteiger charge is 2.35. The highest BCUT2D eigenvalue weighted by molar-refractivity contribution is 7.89. The van der Waals surface area contributed by atoms with Crippen LogP contribution in [0.3, 0.4) is 0 Å². The van der Waals surface area contributed by atoms with Gasteiger partial charge in [-0.25, -0.2) is 8.42 Å². The van der Waals surface area contributed by atoms with Crippen LogP contribution in [0.2, 0.25) is 5.02 Å². The molecule has 6 nitrogen and oxygen atoms in total. The molecule has 0 aromatic heterocycles. The summed E-state index contributed by atoms with van der Waals surface area (Å²) >= 11 is 5.69. The minimum absolute atomic E-state index is 0.0815. The van der Waals surface area contributed by atoms with E-state index in [1.54, 1.807) is 37.3 Å². The van der Waals surface area contributed by atoms with Crippen LogP contribution in [0.1, 0.15) is 16.7 Å². The number of rotatable bonds is 8. The molecule has 0 heterocycles. The standard InChI is InChI=1S/C24H22ClF3N2O4S/c1-16-12-19(9-11-22(16)34-2)35(32,33)30(14-17-6-4-3-5-7-17)15-23(31)29-21-10-8-18(25)13-20(21)24(26,27)28/h3-13H,14-15H2,1-2H3,(H,29,31). The normalized spacial score (nSPS) is 12.0. The van der Waals surface area contributed by atoms with Gasteiger partial charge in [0.15, 0.2) is 0 Å². The zero-order chi connectivity index (χ0) is 25.8. The number of alkyl halides is 3. The summed E-state index contributed by atoms with van der Waals surface area (Å²) in [6.07, 6.45) is -4.77. The van der Waals surface area contributed by atoms with Gasteiger partial charge >= 0.3 is 6.18 Å². The van der Waals surface area contributed by atoms with Gasteiger partial charge in [-0.1, -0.05) is 41.9 Å². The van der Waals surface area contributed by atoms with E-state index >= 15 is 0 Å². The second kappa shape index (κ2) is 10.7. The fourth-order valence-electron chi connectivity index (χ4n) is 3.38. The second-order valence-electron chi connectivity index (χ2n) is 7.63. The maximum absolute atomic E-state index is 13.5. The maximum atomic E-state index is 13.5. The first-order chi connectivity index (χ1) is 16.4. The summed E-state index contributed by atoms with van der Waals surface area (Å²) in [6.45, 7) is 0.780. The second-order valence-corrected chi connectivity index (χ2v) is 10.0. The lowest BCUT2D eigenvalue weighted by molar-refractivity contribution is -0.137. The minimum atomic E-state index is -4.77. The van der Waals surface area contributed by atoms with Gasteiger partial charge in [0.1, 0.15) is 5.75 Å². The molecule has 0 bridgehead atoms. The number of carbonyl (C=O) groups excluding carboxylic acids is 1. The fraction of sp³-hybridized carbons (Fsp3) is 0.208. The van der Waals surface area contributed by atoms with Gasteiger partial charge in [0.2, 0.25) is 15.9 Å². The Morgan fingerprint density at radius 3 is 2.34 bits per heavy atom. The Labute approximate surface area is 206 Å². The summed E-state index contributed by atoms with van der Waals surface area (Å²) < 4.78 is 73.2. The summed E-state index contributed by atoms with van der Waals surface area (Å²) in [4.78, 5) is 12.7. The molecule has 3 rings (SSSR count). The quantitative estimate of drug-likeness (QED) is 0.420. The van der Waals surface area contributed by atoms with Crippen molar-refractivity contribution < 1.29 is 31.1 Å². The molecule has 35 heavy (non-hydrogen) atoms. The number of hydrogen-bond donors (Lipinski definition) is 1. The maximum Gasteiger partial charge on any atom is 0.418 e. The average Bonchev–Trinajstić information content (AvgIpc) is 2.79. The predicted molar refractivity (Wildman–Crippen MR) is 127 cm³/mol. The lowest BCUT2D eigenvalue weighted by atomic mass is 10.1. The number of aryl methyl sites for hydroxylation is 1. The van der Waals surface area contributed by atoms with Gasteiger partial charge in [-0.2, -0.15) is 17.5 Å². The topological polar surface area (TPSA) is 75.7 Å². The molecule has 0 radical (unpaired) electrons. The number of carbonyl (C=O) groups is 1. The Balaban J connectivity index is 1.94. The van der Waals surface area contributed by atoms with E-state index in [9.17, 15) is 26.4 Å². The summed E-state index contributed by atoms with van der Waals surface area (Å²) in [5.41, 5.74) is -0.504. The first-order valence-corrected chi connectivity index (χ1v) is 12.1. The third-order valence-corrected chi connectivity index (χ3v) is 7.11. The van der Waals surface area contributed by atoms with Crippen LogP contribution < -0.4 is 10.1 Å². The Kier molecular flexibility index (Phi) is 8.09. The molecule has 0 fully saturated rings. The van der Waals surface area contributed by atoms with Gasteiger partial charge in [0.25, 0.3) is 0 Å². The number of benzene rings is 3. The van der Waals surface area contributed by atoms with Crippen molar-refractivity contribution in [2.75, 3.05) is 19.0 Å². The number of halogens is 4. The zero-order valence-electron chi connectivity index (χ0n) is 18.8. The molecule has 0 aliphatic rings. The van der Waals surface area contributed by atoms with Gasteiger partial charge in [-0.05, 0) is 54.4 Å². The monoisotopic (exact) mass is 526 g/mol. The van der Waals surface area contributed by atoms with E-state index in [1.807, 2.05) is 0 Å². The molecule has 0 aliphatic carbocycles. The molecule has 0 unspecified atom stereocenters. The molecule has 1 amide bonds. The molecule has 0 atom stereocenters. The number of anilines is 1. The molecule has 3 aromatic rings. The molecule has 0 aliphatic heterocycles. The summed E-state index contributed by atoms with van der Waals surface area (Å²) in [6, 6.07) is 15.7. The van der Waals surface area contributed by atoms with Crippen LogP contribution in [0.15, 0.2) is 71.6 Å².